The number of aromatic nitrogens is 2. The Bertz CT molecular complexity index is 596. The highest BCUT2D eigenvalue weighted by atomic mass is 15.3. The third-order valence-corrected chi connectivity index (χ3v) is 4.34. The van der Waals surface area contributed by atoms with Gasteiger partial charge < -0.3 is 5.32 Å². The van der Waals surface area contributed by atoms with E-state index in [0.29, 0.717) is 11.6 Å². The monoisotopic (exact) mass is 283 g/mol. The number of rotatable bonds is 6. The molecule has 0 radical (unpaired) electrons. The molecule has 1 aliphatic carbocycles. The normalized spacial score (nSPS) is 17.7. The molecular formula is C18H25N3. The van der Waals surface area contributed by atoms with Crippen LogP contribution in [0.5, 0.6) is 0 Å². The van der Waals surface area contributed by atoms with Gasteiger partial charge in [-0.25, -0.2) is 0 Å². The minimum atomic E-state index is 0.316. The predicted octanol–water partition coefficient (Wildman–Crippen LogP) is 3.25. The molecule has 21 heavy (non-hydrogen) atoms. The lowest BCUT2D eigenvalue weighted by molar-refractivity contribution is 0.375. The van der Waals surface area contributed by atoms with Crippen molar-refractivity contribution in [2.75, 3.05) is 0 Å². The molecule has 0 spiro atoms. The molecule has 1 aromatic heterocycles. The Morgan fingerprint density at radius 2 is 1.95 bits per heavy atom. The Kier molecular flexibility index (Phi) is 3.85. The van der Waals surface area contributed by atoms with E-state index in [4.69, 9.17) is 0 Å². The van der Waals surface area contributed by atoms with Crippen molar-refractivity contribution in [1.82, 2.24) is 15.1 Å². The SMILES string of the molecule is Cc1cc(C)n(C[C@H](C)NC2(Cc3ccccc3)CC2)n1. The zero-order chi connectivity index (χ0) is 14.9. The van der Waals surface area contributed by atoms with Gasteiger partial charge in [0.25, 0.3) is 0 Å². The van der Waals surface area contributed by atoms with Gasteiger partial charge in [0, 0.05) is 17.3 Å². The molecule has 3 nitrogen and oxygen atoms in total. The van der Waals surface area contributed by atoms with Crippen LogP contribution in [0.4, 0.5) is 0 Å². The maximum Gasteiger partial charge on any atom is 0.0596 e. The second-order valence-electron chi connectivity index (χ2n) is 6.60. The van der Waals surface area contributed by atoms with E-state index in [9.17, 15) is 0 Å². The molecule has 1 aromatic carbocycles. The summed E-state index contributed by atoms with van der Waals surface area (Å²) in [5.74, 6) is 0. The Morgan fingerprint density at radius 1 is 1.24 bits per heavy atom. The number of hydrogen-bond donors (Lipinski definition) is 1. The first-order valence-corrected chi connectivity index (χ1v) is 7.89. The van der Waals surface area contributed by atoms with Crippen LogP contribution in [0.2, 0.25) is 0 Å². The van der Waals surface area contributed by atoms with Gasteiger partial charge >= 0.3 is 0 Å². The lowest BCUT2D eigenvalue weighted by Crippen LogP contribution is -2.42. The van der Waals surface area contributed by atoms with Crippen LogP contribution in [0.3, 0.4) is 0 Å². The third kappa shape index (κ3) is 3.53. The van der Waals surface area contributed by atoms with E-state index >= 15 is 0 Å². The summed E-state index contributed by atoms with van der Waals surface area (Å²) in [7, 11) is 0. The maximum absolute atomic E-state index is 4.56. The first kappa shape index (κ1) is 14.3. The average molecular weight is 283 g/mol. The zero-order valence-electron chi connectivity index (χ0n) is 13.3. The van der Waals surface area contributed by atoms with Crippen molar-refractivity contribution in [2.24, 2.45) is 0 Å². The Labute approximate surface area is 127 Å². The Hall–Kier alpha value is -1.61. The van der Waals surface area contributed by atoms with Gasteiger partial charge in [0.05, 0.1) is 12.2 Å². The minimum absolute atomic E-state index is 0.316. The largest absolute Gasteiger partial charge is 0.307 e. The zero-order valence-corrected chi connectivity index (χ0v) is 13.3. The van der Waals surface area contributed by atoms with E-state index in [0.717, 1.165) is 18.7 Å². The molecule has 3 rings (SSSR count). The quantitative estimate of drug-likeness (QED) is 0.882. The van der Waals surface area contributed by atoms with Gasteiger partial charge in [-0.05, 0) is 51.7 Å². The number of aryl methyl sites for hydroxylation is 2. The molecule has 0 saturated heterocycles. The van der Waals surface area contributed by atoms with E-state index in [-0.39, 0.29) is 0 Å². The van der Waals surface area contributed by atoms with Crippen LogP contribution < -0.4 is 5.32 Å². The number of hydrogen-bond acceptors (Lipinski definition) is 2. The lowest BCUT2D eigenvalue weighted by Gasteiger charge is -2.23. The van der Waals surface area contributed by atoms with Gasteiger partial charge in [-0.2, -0.15) is 5.10 Å². The second-order valence-corrected chi connectivity index (χ2v) is 6.60. The van der Waals surface area contributed by atoms with E-state index in [1.165, 1.54) is 24.1 Å². The number of nitrogens with zero attached hydrogens (tertiary/aromatic N) is 2. The fourth-order valence-electron chi connectivity index (χ4n) is 3.20. The van der Waals surface area contributed by atoms with Crippen molar-refractivity contribution in [3.05, 3.63) is 53.3 Å². The molecule has 1 atom stereocenters. The predicted molar refractivity (Wildman–Crippen MR) is 86.4 cm³/mol. The lowest BCUT2D eigenvalue weighted by atomic mass is 10.0. The van der Waals surface area contributed by atoms with Gasteiger partial charge in [0.2, 0.25) is 0 Å². The Morgan fingerprint density at radius 3 is 2.52 bits per heavy atom. The number of benzene rings is 1. The van der Waals surface area contributed by atoms with Gasteiger partial charge in [-0.3, -0.25) is 4.68 Å². The summed E-state index contributed by atoms with van der Waals surface area (Å²) >= 11 is 0. The molecule has 1 fully saturated rings. The smallest absolute Gasteiger partial charge is 0.0596 e. The van der Waals surface area contributed by atoms with Gasteiger partial charge in [0.1, 0.15) is 0 Å². The summed E-state index contributed by atoms with van der Waals surface area (Å²) in [5.41, 5.74) is 4.09. The van der Waals surface area contributed by atoms with Crippen LogP contribution in [0.1, 0.15) is 36.7 Å². The third-order valence-electron chi connectivity index (χ3n) is 4.34. The van der Waals surface area contributed by atoms with Crippen molar-refractivity contribution >= 4 is 0 Å². The molecule has 1 N–H and O–H groups in total. The Balaban J connectivity index is 1.59. The first-order valence-electron chi connectivity index (χ1n) is 7.89. The molecule has 0 amide bonds. The summed E-state index contributed by atoms with van der Waals surface area (Å²) in [6.45, 7) is 7.39. The molecule has 112 valence electrons. The van der Waals surface area contributed by atoms with Crippen molar-refractivity contribution in [3.8, 4) is 0 Å². The van der Waals surface area contributed by atoms with Crippen LogP contribution in [0, 0.1) is 13.8 Å². The molecular weight excluding hydrogens is 258 g/mol. The standard InChI is InChI=1S/C18H25N3/c1-14-11-16(3)21(20-14)13-15(2)19-18(9-10-18)12-17-7-5-4-6-8-17/h4-8,11,15,19H,9-10,12-13H2,1-3H3/t15-/m0/s1. The molecule has 1 heterocycles. The van der Waals surface area contributed by atoms with E-state index < -0.39 is 0 Å². The fraction of sp³-hybridized carbons (Fsp3) is 0.500. The van der Waals surface area contributed by atoms with Gasteiger partial charge in [-0.1, -0.05) is 30.3 Å². The van der Waals surface area contributed by atoms with E-state index in [1.807, 2.05) is 0 Å². The highest BCUT2D eigenvalue weighted by molar-refractivity contribution is 5.21. The van der Waals surface area contributed by atoms with Crippen LogP contribution in [0.15, 0.2) is 36.4 Å². The fourth-order valence-corrected chi connectivity index (χ4v) is 3.20. The summed E-state index contributed by atoms with van der Waals surface area (Å²) in [6.07, 6.45) is 3.70. The number of nitrogens with one attached hydrogen (secondary N) is 1. The summed E-state index contributed by atoms with van der Waals surface area (Å²) < 4.78 is 2.12. The summed E-state index contributed by atoms with van der Waals surface area (Å²) in [5, 5.41) is 8.40. The van der Waals surface area contributed by atoms with Crippen molar-refractivity contribution < 1.29 is 0 Å². The molecule has 2 aromatic rings. The average Bonchev–Trinajstić information content (AvgIpc) is 3.10. The van der Waals surface area contributed by atoms with Crippen molar-refractivity contribution in [3.63, 3.8) is 0 Å². The van der Waals surface area contributed by atoms with Gasteiger partial charge in [-0.15, -0.1) is 0 Å². The van der Waals surface area contributed by atoms with Crippen LogP contribution >= 0.6 is 0 Å². The minimum Gasteiger partial charge on any atom is -0.307 e. The summed E-state index contributed by atoms with van der Waals surface area (Å²) in [4.78, 5) is 0. The van der Waals surface area contributed by atoms with Gasteiger partial charge in [0.15, 0.2) is 0 Å². The van der Waals surface area contributed by atoms with Crippen LogP contribution in [0.25, 0.3) is 0 Å². The second kappa shape index (κ2) is 5.64. The highest BCUT2D eigenvalue weighted by Gasteiger charge is 2.43. The molecule has 0 bridgehead atoms. The first-order chi connectivity index (χ1) is 10.1. The molecule has 0 aliphatic heterocycles. The van der Waals surface area contributed by atoms with Crippen molar-refractivity contribution in [2.45, 2.75) is 58.2 Å². The highest BCUT2D eigenvalue weighted by Crippen LogP contribution is 2.39. The molecule has 3 heteroatoms. The molecule has 1 aliphatic rings. The topological polar surface area (TPSA) is 29.9 Å². The van der Waals surface area contributed by atoms with E-state index in [2.05, 4.69) is 72.3 Å². The molecule has 1 saturated carbocycles. The maximum atomic E-state index is 4.56. The van der Waals surface area contributed by atoms with Crippen LogP contribution in [-0.4, -0.2) is 21.4 Å². The molecule has 0 unspecified atom stereocenters. The summed E-state index contributed by atoms with van der Waals surface area (Å²) in [6, 6.07) is 13.4. The van der Waals surface area contributed by atoms with Crippen LogP contribution in [-0.2, 0) is 13.0 Å². The van der Waals surface area contributed by atoms with Crippen molar-refractivity contribution in [1.29, 1.82) is 0 Å². The van der Waals surface area contributed by atoms with E-state index in [1.54, 1.807) is 0 Å².